The Labute approximate surface area is 221 Å². The highest BCUT2D eigenvalue weighted by molar-refractivity contribution is 6.33. The zero-order valence-corrected chi connectivity index (χ0v) is 21.7. The summed E-state index contributed by atoms with van der Waals surface area (Å²) in [4.78, 5) is 23.0. The van der Waals surface area contributed by atoms with Crippen LogP contribution in [0, 0.1) is 0 Å². The Balaban J connectivity index is 1.27. The van der Waals surface area contributed by atoms with Crippen LogP contribution in [0.1, 0.15) is 25.0 Å². The molecular formula is C28H28ClN7O. The molecule has 2 aromatic heterocycles. The standard InChI is InChI=1S/C28H28ClN7O/c1-18-13-20-6-7-22(27(29)21(20)14-18)37-28-33-24(32-23-15-19(2)17-31-23)16-26(34-28)36-11-9-35(10-12-36)25-5-3-4-8-30-25/h3-8,14-16H,9-13,17H2,1-2H3,(H,31,32,33,34). The lowest BCUT2D eigenvalue weighted by molar-refractivity contribution is 0.442. The summed E-state index contributed by atoms with van der Waals surface area (Å²) in [6.45, 7) is 8.15. The quantitative estimate of drug-likeness (QED) is 0.491. The summed E-state index contributed by atoms with van der Waals surface area (Å²) in [7, 11) is 0. The number of aromatic nitrogens is 3. The van der Waals surface area contributed by atoms with Crippen LogP contribution in [0.4, 0.5) is 17.5 Å². The highest BCUT2D eigenvalue weighted by atomic mass is 35.5. The van der Waals surface area contributed by atoms with E-state index >= 15 is 0 Å². The fraction of sp³-hybridized carbons (Fsp3) is 0.286. The first-order chi connectivity index (χ1) is 18.0. The van der Waals surface area contributed by atoms with Gasteiger partial charge in [-0.2, -0.15) is 9.97 Å². The SMILES string of the molecule is CC1=CC(Nc2cc(N3CCN(c4ccccn4)CC3)nc(Oc3ccc4c(c3Cl)C=C(C)C4)n2)=NC1. The lowest BCUT2D eigenvalue weighted by Gasteiger charge is -2.36. The highest BCUT2D eigenvalue weighted by Gasteiger charge is 2.22. The van der Waals surface area contributed by atoms with Gasteiger partial charge >= 0.3 is 6.01 Å². The van der Waals surface area contributed by atoms with Gasteiger partial charge in [-0.3, -0.25) is 4.99 Å². The molecule has 1 fully saturated rings. The average molecular weight is 514 g/mol. The number of anilines is 3. The van der Waals surface area contributed by atoms with Crippen LogP contribution in [0.3, 0.4) is 0 Å². The van der Waals surface area contributed by atoms with E-state index in [9.17, 15) is 0 Å². The van der Waals surface area contributed by atoms with Crippen molar-refractivity contribution in [2.75, 3.05) is 47.8 Å². The van der Waals surface area contributed by atoms with E-state index in [1.165, 1.54) is 16.7 Å². The third-order valence-corrected chi connectivity index (χ3v) is 7.09. The van der Waals surface area contributed by atoms with E-state index < -0.39 is 0 Å². The van der Waals surface area contributed by atoms with E-state index in [1.807, 2.05) is 42.6 Å². The Morgan fingerprint density at radius 3 is 2.46 bits per heavy atom. The summed E-state index contributed by atoms with van der Waals surface area (Å²) in [6.07, 6.45) is 6.88. The average Bonchev–Trinajstić information content (AvgIpc) is 3.51. The molecule has 6 rings (SSSR count). The molecule has 1 aliphatic carbocycles. The van der Waals surface area contributed by atoms with Gasteiger partial charge < -0.3 is 19.9 Å². The maximum Gasteiger partial charge on any atom is 0.325 e. The number of pyridine rings is 1. The second kappa shape index (κ2) is 9.86. The van der Waals surface area contributed by atoms with Crippen molar-refractivity contribution in [1.82, 2.24) is 15.0 Å². The van der Waals surface area contributed by atoms with Gasteiger partial charge in [-0.05, 0) is 55.7 Å². The number of rotatable bonds is 5. The lowest BCUT2D eigenvalue weighted by Crippen LogP contribution is -2.47. The largest absolute Gasteiger partial charge is 0.423 e. The number of hydrogen-bond acceptors (Lipinski definition) is 8. The molecule has 2 aliphatic heterocycles. The minimum atomic E-state index is 0.243. The number of benzene rings is 1. The third-order valence-electron chi connectivity index (χ3n) is 6.70. The van der Waals surface area contributed by atoms with Crippen LogP contribution >= 0.6 is 11.6 Å². The molecular weight excluding hydrogens is 486 g/mol. The van der Waals surface area contributed by atoms with Crippen LogP contribution in [0.5, 0.6) is 11.8 Å². The van der Waals surface area contributed by atoms with Gasteiger partial charge in [0.25, 0.3) is 0 Å². The molecule has 0 unspecified atom stereocenters. The minimum Gasteiger partial charge on any atom is -0.423 e. The van der Waals surface area contributed by atoms with E-state index in [2.05, 4.69) is 56.1 Å². The number of hydrogen-bond donors (Lipinski definition) is 1. The van der Waals surface area contributed by atoms with Crippen molar-refractivity contribution in [2.45, 2.75) is 20.3 Å². The summed E-state index contributed by atoms with van der Waals surface area (Å²) in [5.74, 6) is 3.74. The predicted molar refractivity (Wildman–Crippen MR) is 149 cm³/mol. The van der Waals surface area contributed by atoms with Crippen LogP contribution in [-0.4, -0.2) is 53.5 Å². The molecule has 37 heavy (non-hydrogen) atoms. The summed E-state index contributed by atoms with van der Waals surface area (Å²) in [6, 6.07) is 12.1. The van der Waals surface area contributed by atoms with Crippen LogP contribution < -0.4 is 19.9 Å². The molecule has 9 heteroatoms. The van der Waals surface area contributed by atoms with Gasteiger partial charge in [0.2, 0.25) is 0 Å². The topological polar surface area (TPSA) is 78.8 Å². The van der Waals surface area contributed by atoms with E-state index in [0.29, 0.717) is 23.1 Å². The zero-order valence-electron chi connectivity index (χ0n) is 20.9. The second-order valence-electron chi connectivity index (χ2n) is 9.59. The zero-order chi connectivity index (χ0) is 25.4. The molecule has 3 aliphatic rings. The van der Waals surface area contributed by atoms with Crippen molar-refractivity contribution in [3.63, 3.8) is 0 Å². The molecule has 0 bridgehead atoms. The summed E-state index contributed by atoms with van der Waals surface area (Å²) in [5.41, 5.74) is 4.70. The van der Waals surface area contributed by atoms with E-state index in [-0.39, 0.29) is 6.01 Å². The fourth-order valence-corrected chi connectivity index (χ4v) is 5.11. The number of fused-ring (bicyclic) bond motifs is 1. The maximum absolute atomic E-state index is 6.74. The van der Waals surface area contributed by atoms with Crippen LogP contribution in [0.15, 0.2) is 64.8 Å². The number of amidine groups is 1. The van der Waals surface area contributed by atoms with Gasteiger partial charge in [0, 0.05) is 44.0 Å². The number of aliphatic imine (C=N–C) groups is 1. The minimum absolute atomic E-state index is 0.243. The molecule has 1 N–H and O–H groups in total. The van der Waals surface area contributed by atoms with Gasteiger partial charge in [-0.1, -0.05) is 35.4 Å². The number of nitrogens with one attached hydrogen (secondary N) is 1. The molecule has 1 aromatic carbocycles. The predicted octanol–water partition coefficient (Wildman–Crippen LogP) is 5.37. The van der Waals surface area contributed by atoms with E-state index in [4.69, 9.17) is 21.3 Å². The smallest absolute Gasteiger partial charge is 0.325 e. The maximum atomic E-state index is 6.74. The molecule has 188 valence electrons. The lowest BCUT2D eigenvalue weighted by atomic mass is 10.1. The van der Waals surface area contributed by atoms with Gasteiger partial charge in [0.15, 0.2) is 0 Å². The van der Waals surface area contributed by atoms with Gasteiger partial charge in [0.05, 0.1) is 11.6 Å². The van der Waals surface area contributed by atoms with E-state index in [1.54, 1.807) is 0 Å². The molecule has 4 heterocycles. The van der Waals surface area contributed by atoms with Gasteiger partial charge in [-0.25, -0.2) is 4.98 Å². The van der Waals surface area contributed by atoms with Crippen LogP contribution in [-0.2, 0) is 6.42 Å². The normalized spacial score (nSPS) is 16.8. The van der Waals surface area contributed by atoms with Crippen molar-refractivity contribution in [3.05, 3.63) is 76.0 Å². The van der Waals surface area contributed by atoms with Crippen LogP contribution in [0.25, 0.3) is 6.08 Å². The van der Waals surface area contributed by atoms with Crippen molar-refractivity contribution in [2.24, 2.45) is 4.99 Å². The van der Waals surface area contributed by atoms with Crippen LogP contribution in [0.2, 0.25) is 5.02 Å². The summed E-state index contributed by atoms with van der Waals surface area (Å²) in [5, 5.41) is 3.91. The van der Waals surface area contributed by atoms with Crippen molar-refractivity contribution in [1.29, 1.82) is 0 Å². The Kier molecular flexibility index (Phi) is 6.26. The first kappa shape index (κ1) is 23.5. The fourth-order valence-electron chi connectivity index (χ4n) is 4.83. The number of halogens is 1. The van der Waals surface area contributed by atoms with Crippen molar-refractivity contribution < 1.29 is 4.74 Å². The monoisotopic (exact) mass is 513 g/mol. The molecule has 0 saturated carbocycles. The Morgan fingerprint density at radius 1 is 0.919 bits per heavy atom. The van der Waals surface area contributed by atoms with Gasteiger partial charge in [0.1, 0.15) is 29.0 Å². The molecule has 3 aromatic rings. The number of nitrogens with zero attached hydrogens (tertiary/aromatic N) is 6. The summed E-state index contributed by atoms with van der Waals surface area (Å²) < 4.78 is 6.19. The Morgan fingerprint density at radius 2 is 1.73 bits per heavy atom. The van der Waals surface area contributed by atoms with E-state index in [0.717, 1.165) is 55.6 Å². The third kappa shape index (κ3) is 5.02. The molecule has 0 amide bonds. The summed E-state index contributed by atoms with van der Waals surface area (Å²) >= 11 is 6.74. The molecule has 0 radical (unpaired) electrons. The van der Waals surface area contributed by atoms with Gasteiger partial charge in [-0.15, -0.1) is 0 Å². The number of allylic oxidation sites excluding steroid dienone is 1. The molecule has 1 saturated heterocycles. The number of piperazine rings is 1. The molecule has 0 atom stereocenters. The first-order valence-electron chi connectivity index (χ1n) is 12.5. The molecule has 0 spiro atoms. The Hall–Kier alpha value is -3.91. The number of ether oxygens (including phenoxy) is 1. The highest BCUT2D eigenvalue weighted by Crippen LogP contribution is 2.38. The second-order valence-corrected chi connectivity index (χ2v) is 9.97. The van der Waals surface area contributed by atoms with Crippen molar-refractivity contribution in [3.8, 4) is 11.8 Å². The molecule has 8 nitrogen and oxygen atoms in total. The Bertz CT molecular complexity index is 1430. The van der Waals surface area contributed by atoms with Crippen molar-refractivity contribution >= 4 is 41.0 Å². The first-order valence-corrected chi connectivity index (χ1v) is 12.8.